The van der Waals surface area contributed by atoms with Gasteiger partial charge in [0.1, 0.15) is 0 Å². The molecule has 0 aromatic carbocycles. The molecule has 0 unspecified atom stereocenters. The van der Waals surface area contributed by atoms with E-state index in [0.717, 1.165) is 12.1 Å². The predicted molar refractivity (Wildman–Crippen MR) is 84.2 cm³/mol. The van der Waals surface area contributed by atoms with Crippen LogP contribution in [-0.2, 0) is 16.1 Å². The van der Waals surface area contributed by atoms with Crippen LogP contribution in [0.3, 0.4) is 0 Å². The number of hydrogen-bond acceptors (Lipinski definition) is 7. The lowest BCUT2D eigenvalue weighted by molar-refractivity contribution is -0.0487. The molecule has 0 saturated carbocycles. The molecule has 122 valence electrons. The Morgan fingerprint density at radius 1 is 1.22 bits per heavy atom. The monoisotopic (exact) mass is 316 g/mol. The molecule has 2 aromatic rings. The third-order valence-electron chi connectivity index (χ3n) is 3.64. The van der Waals surface area contributed by atoms with Crippen molar-refractivity contribution in [2.45, 2.75) is 25.2 Å². The molecule has 2 atom stereocenters. The van der Waals surface area contributed by atoms with Gasteiger partial charge in [0.2, 0.25) is 0 Å². The van der Waals surface area contributed by atoms with E-state index in [9.17, 15) is 0 Å². The number of methoxy groups -OCH3 is 1. The van der Waals surface area contributed by atoms with E-state index in [4.69, 9.17) is 14.2 Å². The summed E-state index contributed by atoms with van der Waals surface area (Å²) in [5.41, 5.74) is 0.912. The first-order valence-corrected chi connectivity index (χ1v) is 7.57. The molecule has 0 bridgehead atoms. The van der Waals surface area contributed by atoms with E-state index in [0.29, 0.717) is 31.5 Å². The molecule has 0 amide bonds. The molecule has 23 heavy (non-hydrogen) atoms. The summed E-state index contributed by atoms with van der Waals surface area (Å²) < 4.78 is 16.8. The van der Waals surface area contributed by atoms with Crippen LogP contribution in [0.25, 0.3) is 0 Å². The van der Waals surface area contributed by atoms with E-state index in [2.05, 4.69) is 20.3 Å². The highest BCUT2D eigenvalue weighted by Crippen LogP contribution is 2.22. The van der Waals surface area contributed by atoms with Crippen LogP contribution in [-0.4, -0.2) is 47.4 Å². The van der Waals surface area contributed by atoms with Gasteiger partial charge in [0.15, 0.2) is 5.82 Å². The number of nitrogens with one attached hydrogen (secondary N) is 1. The minimum atomic E-state index is -0.0157. The largest absolute Gasteiger partial charge is 0.478 e. The third-order valence-corrected chi connectivity index (χ3v) is 3.64. The van der Waals surface area contributed by atoms with E-state index >= 15 is 0 Å². The number of aromatic nitrogens is 3. The molecule has 1 saturated heterocycles. The highest BCUT2D eigenvalue weighted by Gasteiger charge is 2.28. The molecule has 7 heteroatoms. The second-order valence-corrected chi connectivity index (χ2v) is 5.20. The molecule has 1 aliphatic rings. The van der Waals surface area contributed by atoms with Gasteiger partial charge in [-0.1, -0.05) is 6.07 Å². The van der Waals surface area contributed by atoms with Crippen LogP contribution in [0.1, 0.15) is 12.1 Å². The molecule has 1 fully saturated rings. The lowest BCUT2D eigenvalue weighted by Crippen LogP contribution is -2.44. The molecule has 0 radical (unpaired) electrons. The van der Waals surface area contributed by atoms with Crippen molar-refractivity contribution in [3.8, 4) is 5.88 Å². The van der Waals surface area contributed by atoms with Crippen LogP contribution in [0, 0.1) is 0 Å². The second kappa shape index (κ2) is 7.85. The first kappa shape index (κ1) is 15.6. The summed E-state index contributed by atoms with van der Waals surface area (Å²) in [6.07, 6.45) is 5.81. The molecular weight excluding hydrogens is 296 g/mol. The Labute approximate surface area is 135 Å². The second-order valence-electron chi connectivity index (χ2n) is 5.20. The van der Waals surface area contributed by atoms with Crippen molar-refractivity contribution in [1.29, 1.82) is 0 Å². The van der Waals surface area contributed by atoms with Crippen LogP contribution in [0.5, 0.6) is 5.88 Å². The van der Waals surface area contributed by atoms with Gasteiger partial charge in [0, 0.05) is 25.2 Å². The number of nitrogens with zero attached hydrogens (tertiary/aromatic N) is 3. The molecule has 3 heterocycles. The molecule has 3 rings (SSSR count). The maximum Gasteiger partial charge on any atom is 0.257 e. The van der Waals surface area contributed by atoms with Crippen molar-refractivity contribution in [2.75, 3.05) is 25.6 Å². The zero-order chi connectivity index (χ0) is 15.9. The number of pyridine rings is 1. The molecular formula is C16H20N4O3. The van der Waals surface area contributed by atoms with Crippen molar-refractivity contribution in [3.05, 3.63) is 42.5 Å². The smallest absolute Gasteiger partial charge is 0.257 e. The summed E-state index contributed by atoms with van der Waals surface area (Å²) in [5.74, 6) is 1.05. The summed E-state index contributed by atoms with van der Waals surface area (Å²) in [5, 5.41) is 3.32. The summed E-state index contributed by atoms with van der Waals surface area (Å²) in [7, 11) is 1.57. The predicted octanol–water partition coefficient (Wildman–Crippen LogP) is 1.67. The Bertz CT molecular complexity index is 611. The zero-order valence-corrected chi connectivity index (χ0v) is 13.0. The average Bonchev–Trinajstić information content (AvgIpc) is 2.62. The minimum Gasteiger partial charge on any atom is -0.478 e. The normalized spacial score (nSPS) is 20.9. The van der Waals surface area contributed by atoms with Gasteiger partial charge in [-0.25, -0.2) is 9.97 Å². The fraction of sp³-hybridized carbons (Fsp3) is 0.438. The average molecular weight is 316 g/mol. The fourth-order valence-electron chi connectivity index (χ4n) is 2.48. The Kier molecular flexibility index (Phi) is 5.33. The van der Waals surface area contributed by atoms with Gasteiger partial charge in [-0.15, -0.1) is 0 Å². The first-order valence-electron chi connectivity index (χ1n) is 7.57. The maximum atomic E-state index is 6.03. The minimum absolute atomic E-state index is 0.0115. The van der Waals surface area contributed by atoms with Crippen LogP contribution >= 0.6 is 0 Å². The topological polar surface area (TPSA) is 78.4 Å². The summed E-state index contributed by atoms with van der Waals surface area (Å²) in [6, 6.07) is 5.78. The van der Waals surface area contributed by atoms with E-state index < -0.39 is 0 Å². The number of ether oxygens (including phenoxy) is 3. The number of hydrogen-bond donors (Lipinski definition) is 1. The SMILES string of the molecule is COc1nccnc1N[C@@H]1COCC[C@H]1OCc1ccccn1. The molecule has 0 spiro atoms. The van der Waals surface area contributed by atoms with Crippen LogP contribution < -0.4 is 10.1 Å². The van der Waals surface area contributed by atoms with E-state index in [1.165, 1.54) is 0 Å². The van der Waals surface area contributed by atoms with E-state index in [1.807, 2.05) is 18.2 Å². The quantitative estimate of drug-likeness (QED) is 0.868. The van der Waals surface area contributed by atoms with Crippen molar-refractivity contribution >= 4 is 5.82 Å². The molecule has 0 aliphatic carbocycles. The number of anilines is 1. The van der Waals surface area contributed by atoms with Crippen LogP contribution in [0.4, 0.5) is 5.82 Å². The van der Waals surface area contributed by atoms with Crippen LogP contribution in [0.15, 0.2) is 36.8 Å². The summed E-state index contributed by atoms with van der Waals surface area (Å²) in [4.78, 5) is 12.7. The van der Waals surface area contributed by atoms with E-state index in [1.54, 1.807) is 25.7 Å². The molecule has 7 nitrogen and oxygen atoms in total. The standard InChI is InChI=1S/C16H20N4O3/c1-21-16-15(18-7-8-19-16)20-13-11-22-9-5-14(13)23-10-12-4-2-3-6-17-12/h2-4,6-8,13-14H,5,9-11H2,1H3,(H,18,20)/t13-,14-/m1/s1. The van der Waals surface area contributed by atoms with Gasteiger partial charge < -0.3 is 19.5 Å². The molecule has 2 aromatic heterocycles. The first-order chi connectivity index (χ1) is 11.4. The van der Waals surface area contributed by atoms with Crippen molar-refractivity contribution in [3.63, 3.8) is 0 Å². The van der Waals surface area contributed by atoms with Crippen LogP contribution in [0.2, 0.25) is 0 Å². The zero-order valence-electron chi connectivity index (χ0n) is 13.0. The Balaban J connectivity index is 1.64. The maximum absolute atomic E-state index is 6.03. The van der Waals surface area contributed by atoms with Crippen molar-refractivity contribution in [2.24, 2.45) is 0 Å². The lowest BCUT2D eigenvalue weighted by Gasteiger charge is -2.32. The third kappa shape index (κ3) is 4.14. The number of rotatable bonds is 6. The Morgan fingerprint density at radius 3 is 2.96 bits per heavy atom. The highest BCUT2D eigenvalue weighted by atomic mass is 16.5. The Morgan fingerprint density at radius 2 is 2.13 bits per heavy atom. The summed E-state index contributed by atoms with van der Waals surface area (Å²) >= 11 is 0. The highest BCUT2D eigenvalue weighted by molar-refractivity contribution is 5.45. The van der Waals surface area contributed by atoms with Gasteiger partial charge in [-0.05, 0) is 18.6 Å². The van der Waals surface area contributed by atoms with Crippen molar-refractivity contribution in [1.82, 2.24) is 15.0 Å². The fourth-order valence-corrected chi connectivity index (χ4v) is 2.48. The van der Waals surface area contributed by atoms with Gasteiger partial charge >= 0.3 is 0 Å². The summed E-state index contributed by atoms with van der Waals surface area (Å²) in [6.45, 7) is 1.70. The molecule has 1 N–H and O–H groups in total. The Hall–Kier alpha value is -2.25. The molecule has 1 aliphatic heterocycles. The van der Waals surface area contributed by atoms with Gasteiger partial charge in [-0.3, -0.25) is 4.98 Å². The lowest BCUT2D eigenvalue weighted by atomic mass is 10.1. The van der Waals surface area contributed by atoms with Gasteiger partial charge in [0.25, 0.3) is 5.88 Å². The van der Waals surface area contributed by atoms with Crippen molar-refractivity contribution < 1.29 is 14.2 Å². The van der Waals surface area contributed by atoms with E-state index in [-0.39, 0.29) is 12.1 Å². The van der Waals surface area contributed by atoms with Gasteiger partial charge in [0.05, 0.1) is 38.2 Å². The van der Waals surface area contributed by atoms with Gasteiger partial charge in [-0.2, -0.15) is 0 Å².